The van der Waals surface area contributed by atoms with Crippen molar-refractivity contribution in [3.8, 4) is 22.9 Å². The summed E-state index contributed by atoms with van der Waals surface area (Å²) in [6, 6.07) is 11.1. The number of hydrogen-bond donors (Lipinski definition) is 0. The number of para-hydroxylation sites is 1. The molecule has 2 rings (SSSR count). The number of rotatable bonds is 3. The summed E-state index contributed by atoms with van der Waals surface area (Å²) in [5, 5.41) is 8.55. The third kappa shape index (κ3) is 3.72. The molecule has 2 aromatic rings. The molecule has 0 heterocycles. The smallest absolute Gasteiger partial charge is 0.405 e. The quantitative estimate of drug-likeness (QED) is 0.783. The number of nitriles is 1. The predicted octanol–water partition coefficient (Wildman–Crippen LogP) is 4.46. The number of alkyl halides is 3. The van der Waals surface area contributed by atoms with Gasteiger partial charge in [-0.1, -0.05) is 30.3 Å². The second kappa shape index (κ2) is 5.83. The Balaban J connectivity index is 2.45. The van der Waals surface area contributed by atoms with Crippen molar-refractivity contribution < 1.29 is 22.3 Å². The van der Waals surface area contributed by atoms with Crippen LogP contribution in [0.1, 0.15) is 5.56 Å². The Labute approximate surface area is 118 Å². The fourth-order valence-corrected chi connectivity index (χ4v) is 1.88. The van der Waals surface area contributed by atoms with Gasteiger partial charge in [-0.25, -0.2) is 4.39 Å². The van der Waals surface area contributed by atoms with E-state index in [1.165, 1.54) is 30.3 Å². The Bertz CT molecular complexity index is 689. The van der Waals surface area contributed by atoms with Gasteiger partial charge in [0.1, 0.15) is 11.6 Å². The molecular formula is C15H9F4NO. The van der Waals surface area contributed by atoms with Gasteiger partial charge >= 0.3 is 6.36 Å². The molecule has 0 aromatic heterocycles. The molecule has 0 saturated carbocycles. The molecule has 0 aliphatic carbocycles. The van der Waals surface area contributed by atoms with E-state index in [0.717, 1.165) is 12.1 Å². The van der Waals surface area contributed by atoms with E-state index < -0.39 is 17.9 Å². The molecule has 21 heavy (non-hydrogen) atoms. The Hall–Kier alpha value is -2.55. The zero-order valence-corrected chi connectivity index (χ0v) is 10.6. The van der Waals surface area contributed by atoms with E-state index in [1.54, 1.807) is 0 Å². The van der Waals surface area contributed by atoms with Crippen molar-refractivity contribution in [2.45, 2.75) is 12.8 Å². The van der Waals surface area contributed by atoms with E-state index >= 15 is 0 Å². The summed E-state index contributed by atoms with van der Waals surface area (Å²) in [7, 11) is 0. The van der Waals surface area contributed by atoms with E-state index in [4.69, 9.17) is 5.26 Å². The molecule has 2 aromatic carbocycles. The predicted molar refractivity (Wildman–Crippen MR) is 67.8 cm³/mol. The van der Waals surface area contributed by atoms with Crippen LogP contribution in [0.4, 0.5) is 17.6 Å². The minimum absolute atomic E-state index is 0.00386. The van der Waals surface area contributed by atoms with E-state index in [0.29, 0.717) is 5.56 Å². The van der Waals surface area contributed by atoms with Crippen molar-refractivity contribution in [1.29, 1.82) is 5.26 Å². The molecule has 0 N–H and O–H groups in total. The molecule has 108 valence electrons. The lowest BCUT2D eigenvalue weighted by molar-refractivity contribution is -0.274. The first-order chi connectivity index (χ1) is 9.90. The Morgan fingerprint density at radius 3 is 2.38 bits per heavy atom. The number of hydrogen-bond acceptors (Lipinski definition) is 2. The summed E-state index contributed by atoms with van der Waals surface area (Å²) in [5.41, 5.74) is 0.431. The van der Waals surface area contributed by atoms with Crippen molar-refractivity contribution in [2.24, 2.45) is 0 Å². The zero-order chi connectivity index (χ0) is 15.5. The van der Waals surface area contributed by atoms with Crippen LogP contribution < -0.4 is 4.74 Å². The maximum atomic E-state index is 14.0. The van der Waals surface area contributed by atoms with Crippen LogP contribution in [0.15, 0.2) is 42.5 Å². The maximum absolute atomic E-state index is 14.0. The van der Waals surface area contributed by atoms with Crippen LogP contribution in [-0.4, -0.2) is 6.36 Å². The van der Waals surface area contributed by atoms with Crippen molar-refractivity contribution in [1.82, 2.24) is 0 Å². The molecule has 0 aliphatic heterocycles. The normalized spacial score (nSPS) is 11.0. The summed E-state index contributed by atoms with van der Waals surface area (Å²) >= 11 is 0. The lowest BCUT2D eigenvalue weighted by Crippen LogP contribution is -2.17. The summed E-state index contributed by atoms with van der Waals surface area (Å²) in [6.07, 6.45) is -4.83. The molecule has 0 unspecified atom stereocenters. The van der Waals surface area contributed by atoms with Crippen LogP contribution in [0.2, 0.25) is 0 Å². The van der Waals surface area contributed by atoms with Gasteiger partial charge in [0.05, 0.1) is 12.5 Å². The van der Waals surface area contributed by atoms with Gasteiger partial charge in [-0.15, -0.1) is 13.2 Å². The lowest BCUT2D eigenvalue weighted by atomic mass is 10.0. The van der Waals surface area contributed by atoms with E-state index in [1.807, 2.05) is 6.07 Å². The highest BCUT2D eigenvalue weighted by Gasteiger charge is 2.32. The number of ether oxygens (including phenoxy) is 1. The van der Waals surface area contributed by atoms with Crippen LogP contribution in [0.5, 0.6) is 5.75 Å². The maximum Gasteiger partial charge on any atom is 0.573 e. The lowest BCUT2D eigenvalue weighted by Gasteiger charge is -2.14. The molecule has 0 radical (unpaired) electrons. The average molecular weight is 295 g/mol. The highest BCUT2D eigenvalue weighted by atomic mass is 19.4. The molecule has 0 atom stereocenters. The average Bonchev–Trinajstić information content (AvgIpc) is 2.39. The fraction of sp³-hybridized carbons (Fsp3) is 0.133. The van der Waals surface area contributed by atoms with Gasteiger partial charge in [0.25, 0.3) is 0 Å². The third-order valence-corrected chi connectivity index (χ3v) is 2.72. The van der Waals surface area contributed by atoms with Crippen LogP contribution in [0.3, 0.4) is 0 Å². The number of nitrogens with zero attached hydrogens (tertiary/aromatic N) is 1. The van der Waals surface area contributed by atoms with Crippen molar-refractivity contribution in [2.75, 3.05) is 0 Å². The van der Waals surface area contributed by atoms with Gasteiger partial charge in [0.15, 0.2) is 0 Å². The first-order valence-electron chi connectivity index (χ1n) is 5.91. The first kappa shape index (κ1) is 14.9. The van der Waals surface area contributed by atoms with Crippen LogP contribution in [0, 0.1) is 17.1 Å². The Kier molecular flexibility index (Phi) is 4.13. The van der Waals surface area contributed by atoms with Gasteiger partial charge in [-0.2, -0.15) is 5.26 Å². The fourth-order valence-electron chi connectivity index (χ4n) is 1.88. The molecule has 0 amide bonds. The Morgan fingerprint density at radius 2 is 1.76 bits per heavy atom. The monoisotopic (exact) mass is 295 g/mol. The first-order valence-corrected chi connectivity index (χ1v) is 5.91. The van der Waals surface area contributed by atoms with E-state index in [9.17, 15) is 17.6 Å². The minimum Gasteiger partial charge on any atom is -0.405 e. The molecule has 0 aliphatic rings. The van der Waals surface area contributed by atoms with Crippen LogP contribution in [0.25, 0.3) is 11.1 Å². The van der Waals surface area contributed by atoms with Crippen molar-refractivity contribution in [3.63, 3.8) is 0 Å². The molecule has 0 saturated heterocycles. The minimum atomic E-state index is -4.85. The number of halogens is 4. The van der Waals surface area contributed by atoms with Gasteiger partial charge in [0, 0.05) is 11.1 Å². The molecule has 2 nitrogen and oxygen atoms in total. The summed E-state index contributed by atoms with van der Waals surface area (Å²) < 4.78 is 55.0. The van der Waals surface area contributed by atoms with Crippen molar-refractivity contribution in [3.05, 3.63) is 53.8 Å². The molecule has 0 bridgehead atoms. The van der Waals surface area contributed by atoms with Crippen LogP contribution in [-0.2, 0) is 6.42 Å². The second-order valence-electron chi connectivity index (χ2n) is 4.19. The highest BCUT2D eigenvalue weighted by molar-refractivity contribution is 5.71. The summed E-state index contributed by atoms with van der Waals surface area (Å²) in [5.74, 6) is -1.18. The van der Waals surface area contributed by atoms with E-state index in [-0.39, 0.29) is 17.5 Å². The highest BCUT2D eigenvalue weighted by Crippen LogP contribution is 2.35. The van der Waals surface area contributed by atoms with Gasteiger partial charge in [-0.05, 0) is 17.7 Å². The molecule has 0 spiro atoms. The zero-order valence-electron chi connectivity index (χ0n) is 10.6. The standard InChI is InChI=1S/C15H9F4NO/c16-13-9-10(7-8-20)5-6-11(13)12-3-1-2-4-14(12)21-15(17,18)19/h1-6,9H,7H2. The van der Waals surface area contributed by atoms with E-state index in [2.05, 4.69) is 4.74 Å². The third-order valence-electron chi connectivity index (χ3n) is 2.72. The summed E-state index contributed by atoms with van der Waals surface area (Å²) in [4.78, 5) is 0. The van der Waals surface area contributed by atoms with Gasteiger partial charge < -0.3 is 4.74 Å². The van der Waals surface area contributed by atoms with Gasteiger partial charge in [-0.3, -0.25) is 0 Å². The van der Waals surface area contributed by atoms with Crippen LogP contribution >= 0.6 is 0 Å². The second-order valence-corrected chi connectivity index (χ2v) is 4.19. The number of benzene rings is 2. The SMILES string of the molecule is N#CCc1ccc(-c2ccccc2OC(F)(F)F)c(F)c1. The molecular weight excluding hydrogens is 286 g/mol. The summed E-state index contributed by atoms with van der Waals surface area (Å²) in [6.45, 7) is 0. The molecule has 0 fully saturated rings. The topological polar surface area (TPSA) is 33.0 Å². The van der Waals surface area contributed by atoms with Gasteiger partial charge in [0.2, 0.25) is 0 Å². The Morgan fingerprint density at radius 1 is 1.05 bits per heavy atom. The largest absolute Gasteiger partial charge is 0.573 e. The molecule has 6 heteroatoms. The van der Waals surface area contributed by atoms with Crippen molar-refractivity contribution >= 4 is 0 Å².